The Kier molecular flexibility index (Phi) is 2.91. The third kappa shape index (κ3) is 1.84. The Labute approximate surface area is 106 Å². The number of amides is 1. The fourth-order valence-electron chi connectivity index (χ4n) is 3.04. The van der Waals surface area contributed by atoms with Crippen LogP contribution >= 0.6 is 0 Å². The molecule has 2 aliphatic rings. The Morgan fingerprint density at radius 1 is 1.50 bits per heavy atom. The first kappa shape index (κ1) is 11.5. The van der Waals surface area contributed by atoms with Crippen molar-refractivity contribution in [3.63, 3.8) is 0 Å². The Hall–Kier alpha value is -1.62. The van der Waals surface area contributed by atoms with Crippen molar-refractivity contribution in [2.24, 2.45) is 5.92 Å². The number of aromatic nitrogens is 1. The lowest BCUT2D eigenvalue weighted by atomic mass is 9.91. The van der Waals surface area contributed by atoms with Crippen molar-refractivity contribution in [1.82, 2.24) is 15.2 Å². The summed E-state index contributed by atoms with van der Waals surface area (Å²) in [4.78, 5) is 18.2. The van der Waals surface area contributed by atoms with Crippen LogP contribution in [0, 0.1) is 5.92 Å². The van der Waals surface area contributed by atoms with E-state index in [1.807, 2.05) is 4.90 Å². The molecule has 5 nitrogen and oxygen atoms in total. The molecule has 5 heteroatoms. The first-order valence-electron chi connectivity index (χ1n) is 6.42. The summed E-state index contributed by atoms with van der Waals surface area (Å²) in [5.74, 6) is 0.454. The normalized spacial score (nSPS) is 27.0. The molecule has 2 unspecified atom stereocenters. The van der Waals surface area contributed by atoms with E-state index in [2.05, 4.69) is 10.3 Å². The molecule has 2 N–H and O–H groups in total. The number of pyridine rings is 1. The number of hydrogen-bond donors (Lipinski definition) is 2. The molecule has 18 heavy (non-hydrogen) atoms. The first-order valence-corrected chi connectivity index (χ1v) is 6.42. The van der Waals surface area contributed by atoms with Gasteiger partial charge in [0.05, 0.1) is 11.8 Å². The van der Waals surface area contributed by atoms with Crippen molar-refractivity contribution < 1.29 is 9.90 Å². The smallest absolute Gasteiger partial charge is 0.258 e. The van der Waals surface area contributed by atoms with Crippen molar-refractivity contribution in [2.45, 2.75) is 18.9 Å². The van der Waals surface area contributed by atoms with E-state index >= 15 is 0 Å². The van der Waals surface area contributed by atoms with E-state index in [9.17, 15) is 9.90 Å². The summed E-state index contributed by atoms with van der Waals surface area (Å²) in [7, 11) is 0. The zero-order chi connectivity index (χ0) is 12.5. The van der Waals surface area contributed by atoms with Gasteiger partial charge in [0.2, 0.25) is 0 Å². The minimum Gasteiger partial charge on any atom is -0.505 e. The van der Waals surface area contributed by atoms with E-state index in [0.717, 1.165) is 26.1 Å². The SMILES string of the molecule is O=C(c1ccncc1O)N1CCCC2CNCC21. The minimum atomic E-state index is -0.0756. The Morgan fingerprint density at radius 3 is 3.22 bits per heavy atom. The molecular formula is C13H17N3O2. The van der Waals surface area contributed by atoms with Crippen LogP contribution in [0.15, 0.2) is 18.5 Å². The Bertz CT molecular complexity index is 463. The van der Waals surface area contributed by atoms with Crippen LogP contribution in [-0.4, -0.2) is 46.6 Å². The number of aromatic hydroxyl groups is 1. The van der Waals surface area contributed by atoms with Gasteiger partial charge in [0.1, 0.15) is 5.75 Å². The summed E-state index contributed by atoms with van der Waals surface area (Å²) in [6, 6.07) is 1.86. The van der Waals surface area contributed by atoms with Gasteiger partial charge in [-0.15, -0.1) is 0 Å². The van der Waals surface area contributed by atoms with Gasteiger partial charge in [-0.05, 0) is 24.8 Å². The predicted octanol–water partition coefficient (Wildman–Crippen LogP) is 0.611. The molecule has 2 atom stereocenters. The number of nitrogens with one attached hydrogen (secondary N) is 1. The molecule has 0 radical (unpaired) electrons. The zero-order valence-electron chi connectivity index (χ0n) is 10.2. The summed E-state index contributed by atoms with van der Waals surface area (Å²) in [6.07, 6.45) is 5.09. The van der Waals surface area contributed by atoms with Gasteiger partial charge in [-0.3, -0.25) is 9.78 Å². The van der Waals surface area contributed by atoms with Crippen LogP contribution in [0.25, 0.3) is 0 Å². The van der Waals surface area contributed by atoms with Crippen LogP contribution in [0.3, 0.4) is 0 Å². The lowest BCUT2D eigenvalue weighted by Crippen LogP contribution is -2.48. The number of piperidine rings is 1. The topological polar surface area (TPSA) is 65.5 Å². The molecule has 1 aromatic heterocycles. The average molecular weight is 247 g/mol. The molecule has 2 saturated heterocycles. The van der Waals surface area contributed by atoms with E-state index < -0.39 is 0 Å². The van der Waals surface area contributed by atoms with Crippen molar-refractivity contribution >= 4 is 5.91 Å². The van der Waals surface area contributed by atoms with Crippen LogP contribution < -0.4 is 5.32 Å². The lowest BCUT2D eigenvalue weighted by Gasteiger charge is -2.37. The molecular weight excluding hydrogens is 230 g/mol. The second-order valence-corrected chi connectivity index (χ2v) is 5.02. The van der Waals surface area contributed by atoms with Crippen molar-refractivity contribution in [1.29, 1.82) is 0 Å². The third-order valence-electron chi connectivity index (χ3n) is 3.97. The highest BCUT2D eigenvalue weighted by Gasteiger charge is 2.38. The zero-order valence-corrected chi connectivity index (χ0v) is 10.2. The predicted molar refractivity (Wildman–Crippen MR) is 66.3 cm³/mol. The van der Waals surface area contributed by atoms with Gasteiger partial charge in [0.15, 0.2) is 0 Å². The summed E-state index contributed by atoms with van der Waals surface area (Å²) < 4.78 is 0. The molecule has 0 aliphatic carbocycles. The largest absolute Gasteiger partial charge is 0.505 e. The van der Waals surface area contributed by atoms with E-state index in [1.165, 1.54) is 12.6 Å². The number of carbonyl (C=O) groups excluding carboxylic acids is 1. The number of nitrogens with zero attached hydrogens (tertiary/aromatic N) is 2. The van der Waals surface area contributed by atoms with Crippen LogP contribution in [-0.2, 0) is 0 Å². The van der Waals surface area contributed by atoms with E-state index in [-0.39, 0.29) is 17.7 Å². The van der Waals surface area contributed by atoms with Gasteiger partial charge in [0.25, 0.3) is 5.91 Å². The number of rotatable bonds is 1. The number of carbonyl (C=O) groups is 1. The first-order chi connectivity index (χ1) is 8.77. The van der Waals surface area contributed by atoms with E-state index in [1.54, 1.807) is 12.3 Å². The highest BCUT2D eigenvalue weighted by Crippen LogP contribution is 2.29. The summed E-state index contributed by atoms with van der Waals surface area (Å²) in [5.41, 5.74) is 0.359. The van der Waals surface area contributed by atoms with Crippen LogP contribution in [0.5, 0.6) is 5.75 Å². The van der Waals surface area contributed by atoms with Crippen molar-refractivity contribution in [2.75, 3.05) is 19.6 Å². The number of fused-ring (bicyclic) bond motifs is 1. The molecule has 3 heterocycles. The molecule has 0 spiro atoms. The summed E-state index contributed by atoms with van der Waals surface area (Å²) in [6.45, 7) is 2.64. The Morgan fingerprint density at radius 2 is 2.39 bits per heavy atom. The van der Waals surface area contributed by atoms with Gasteiger partial charge in [-0.25, -0.2) is 0 Å². The minimum absolute atomic E-state index is 0.0319. The standard InChI is InChI=1S/C13H17N3O2/c17-12-8-14-4-3-10(12)13(18)16-5-1-2-9-6-15-7-11(9)16/h3-4,8-9,11,15,17H,1-2,5-7H2. The van der Waals surface area contributed by atoms with Gasteiger partial charge >= 0.3 is 0 Å². The average Bonchev–Trinajstić information content (AvgIpc) is 2.86. The third-order valence-corrected chi connectivity index (χ3v) is 3.97. The molecule has 0 aromatic carbocycles. The molecule has 0 saturated carbocycles. The van der Waals surface area contributed by atoms with Crippen molar-refractivity contribution in [3.8, 4) is 5.75 Å². The number of hydrogen-bond acceptors (Lipinski definition) is 4. The van der Waals surface area contributed by atoms with Gasteiger partial charge in [-0.2, -0.15) is 0 Å². The van der Waals surface area contributed by atoms with Gasteiger partial charge in [0, 0.05) is 31.9 Å². The molecule has 96 valence electrons. The molecule has 2 aliphatic heterocycles. The van der Waals surface area contributed by atoms with Crippen LogP contribution in [0.4, 0.5) is 0 Å². The second kappa shape index (κ2) is 4.57. The Balaban J connectivity index is 1.86. The van der Waals surface area contributed by atoms with E-state index in [4.69, 9.17) is 0 Å². The highest BCUT2D eigenvalue weighted by atomic mass is 16.3. The van der Waals surface area contributed by atoms with Crippen LogP contribution in [0.1, 0.15) is 23.2 Å². The maximum absolute atomic E-state index is 12.5. The lowest BCUT2D eigenvalue weighted by molar-refractivity contribution is 0.0571. The number of likely N-dealkylation sites (tertiary alicyclic amines) is 1. The molecule has 1 amide bonds. The van der Waals surface area contributed by atoms with E-state index in [0.29, 0.717) is 11.5 Å². The monoisotopic (exact) mass is 247 g/mol. The maximum Gasteiger partial charge on any atom is 0.258 e. The molecule has 0 bridgehead atoms. The second-order valence-electron chi connectivity index (χ2n) is 5.02. The summed E-state index contributed by atoms with van der Waals surface area (Å²) >= 11 is 0. The molecule has 3 rings (SSSR count). The molecule has 1 aromatic rings. The highest BCUT2D eigenvalue weighted by molar-refractivity contribution is 5.96. The van der Waals surface area contributed by atoms with Crippen molar-refractivity contribution in [3.05, 3.63) is 24.0 Å². The molecule has 2 fully saturated rings. The van der Waals surface area contributed by atoms with Gasteiger partial charge in [-0.1, -0.05) is 0 Å². The van der Waals surface area contributed by atoms with Gasteiger partial charge < -0.3 is 15.3 Å². The fraction of sp³-hybridized carbons (Fsp3) is 0.538. The fourth-order valence-corrected chi connectivity index (χ4v) is 3.04. The van der Waals surface area contributed by atoms with Crippen LogP contribution in [0.2, 0.25) is 0 Å². The maximum atomic E-state index is 12.5. The quantitative estimate of drug-likeness (QED) is 0.763. The summed E-state index contributed by atoms with van der Waals surface area (Å²) in [5, 5.41) is 13.1.